The minimum atomic E-state index is -0.652. The number of carbonyl (C=O) groups excluding carboxylic acids is 2. The third kappa shape index (κ3) is 1.64. The zero-order valence-corrected chi connectivity index (χ0v) is 8.14. The number of benzene rings is 1. The van der Waals surface area contributed by atoms with Crippen LogP contribution in [0.2, 0.25) is 0 Å². The standard InChI is InChI=1S/C10H5ClFNO2/c11-8-7(9(14)13-10(8)15)5-2-1-3-6(12)4-5/h1-4H,(H,13,14,15). The summed E-state index contributed by atoms with van der Waals surface area (Å²) in [5, 5.41) is 1.83. The average Bonchev–Trinajstić information content (AvgIpc) is 2.41. The fourth-order valence-electron chi connectivity index (χ4n) is 1.34. The van der Waals surface area contributed by atoms with Crippen LogP contribution in [0.25, 0.3) is 5.57 Å². The van der Waals surface area contributed by atoms with Crippen LogP contribution >= 0.6 is 11.6 Å². The maximum Gasteiger partial charge on any atom is 0.270 e. The monoisotopic (exact) mass is 225 g/mol. The van der Waals surface area contributed by atoms with Gasteiger partial charge in [0.1, 0.15) is 10.8 Å². The average molecular weight is 226 g/mol. The number of carbonyl (C=O) groups is 2. The van der Waals surface area contributed by atoms with E-state index >= 15 is 0 Å². The van der Waals surface area contributed by atoms with Gasteiger partial charge in [-0.15, -0.1) is 0 Å². The molecule has 3 nitrogen and oxygen atoms in total. The van der Waals surface area contributed by atoms with Gasteiger partial charge in [0, 0.05) is 0 Å². The van der Waals surface area contributed by atoms with Crippen molar-refractivity contribution >= 4 is 29.0 Å². The smallest absolute Gasteiger partial charge is 0.270 e. The van der Waals surface area contributed by atoms with Gasteiger partial charge in [-0.05, 0) is 17.7 Å². The largest absolute Gasteiger partial charge is 0.287 e. The van der Waals surface area contributed by atoms with Gasteiger partial charge in [0.2, 0.25) is 0 Å². The molecule has 0 spiro atoms. The number of hydrogen-bond donors (Lipinski definition) is 1. The van der Waals surface area contributed by atoms with E-state index in [0.717, 1.165) is 6.07 Å². The number of rotatable bonds is 1. The van der Waals surface area contributed by atoms with Crippen LogP contribution in [-0.4, -0.2) is 11.8 Å². The van der Waals surface area contributed by atoms with Gasteiger partial charge in [0.25, 0.3) is 11.8 Å². The first-order valence-electron chi connectivity index (χ1n) is 4.11. The first-order chi connectivity index (χ1) is 7.09. The summed E-state index contributed by atoms with van der Waals surface area (Å²) in [6, 6.07) is 5.35. The number of imide groups is 1. The van der Waals surface area contributed by atoms with E-state index in [0.29, 0.717) is 5.56 Å². The van der Waals surface area contributed by atoms with E-state index < -0.39 is 17.6 Å². The molecule has 1 aliphatic heterocycles. The highest BCUT2D eigenvalue weighted by Crippen LogP contribution is 2.26. The molecule has 2 rings (SSSR count). The third-order valence-corrected chi connectivity index (χ3v) is 2.35. The fourth-order valence-corrected chi connectivity index (χ4v) is 1.58. The Labute approximate surface area is 89.5 Å². The van der Waals surface area contributed by atoms with Crippen LogP contribution < -0.4 is 5.32 Å². The number of halogens is 2. The van der Waals surface area contributed by atoms with Crippen LogP contribution in [-0.2, 0) is 9.59 Å². The van der Waals surface area contributed by atoms with Gasteiger partial charge in [-0.1, -0.05) is 23.7 Å². The molecule has 1 aliphatic rings. The van der Waals surface area contributed by atoms with Crippen molar-refractivity contribution in [3.05, 3.63) is 40.7 Å². The summed E-state index contributed by atoms with van der Waals surface area (Å²) in [5.74, 6) is -1.74. The van der Waals surface area contributed by atoms with Gasteiger partial charge < -0.3 is 0 Å². The summed E-state index contributed by atoms with van der Waals surface area (Å²) >= 11 is 5.63. The lowest BCUT2D eigenvalue weighted by molar-refractivity contribution is -0.123. The minimum Gasteiger partial charge on any atom is -0.287 e. The maximum absolute atomic E-state index is 12.9. The van der Waals surface area contributed by atoms with Crippen molar-refractivity contribution in [3.63, 3.8) is 0 Å². The first kappa shape index (κ1) is 9.86. The van der Waals surface area contributed by atoms with E-state index in [2.05, 4.69) is 0 Å². The van der Waals surface area contributed by atoms with Gasteiger partial charge in [-0.3, -0.25) is 14.9 Å². The Hall–Kier alpha value is -1.68. The molecule has 1 N–H and O–H groups in total. The maximum atomic E-state index is 12.9. The van der Waals surface area contributed by atoms with Crippen LogP contribution in [0.4, 0.5) is 4.39 Å². The summed E-state index contributed by atoms with van der Waals surface area (Å²) in [5.41, 5.74) is 0.310. The molecule has 0 atom stereocenters. The fraction of sp³-hybridized carbons (Fsp3) is 0. The van der Waals surface area contributed by atoms with Gasteiger partial charge in [0.05, 0.1) is 5.57 Å². The third-order valence-electron chi connectivity index (χ3n) is 1.99. The quantitative estimate of drug-likeness (QED) is 0.735. The van der Waals surface area contributed by atoms with Gasteiger partial charge in [-0.25, -0.2) is 4.39 Å². The molecule has 1 heterocycles. The second kappa shape index (κ2) is 3.47. The molecule has 1 aromatic carbocycles. The lowest BCUT2D eigenvalue weighted by Gasteiger charge is -1.99. The molecule has 15 heavy (non-hydrogen) atoms. The highest BCUT2D eigenvalue weighted by atomic mass is 35.5. The van der Waals surface area contributed by atoms with Gasteiger partial charge in [-0.2, -0.15) is 0 Å². The Morgan fingerprint density at radius 3 is 2.47 bits per heavy atom. The Morgan fingerprint density at radius 2 is 1.93 bits per heavy atom. The highest BCUT2D eigenvalue weighted by Gasteiger charge is 2.29. The summed E-state index contributed by atoms with van der Waals surface area (Å²) in [7, 11) is 0. The molecule has 0 saturated heterocycles. The summed E-state index contributed by atoms with van der Waals surface area (Å²) in [6.45, 7) is 0. The van der Waals surface area contributed by atoms with E-state index in [4.69, 9.17) is 11.6 Å². The Morgan fingerprint density at radius 1 is 1.20 bits per heavy atom. The van der Waals surface area contributed by atoms with Crippen LogP contribution in [0.5, 0.6) is 0 Å². The van der Waals surface area contributed by atoms with E-state index in [-0.39, 0.29) is 10.6 Å². The molecular weight excluding hydrogens is 221 g/mol. The Bertz CT molecular complexity index is 496. The zero-order valence-electron chi connectivity index (χ0n) is 7.38. The highest BCUT2D eigenvalue weighted by molar-refractivity contribution is 6.55. The molecule has 0 unspecified atom stereocenters. The van der Waals surface area contributed by atoms with Crippen molar-refractivity contribution in [2.75, 3.05) is 0 Å². The molecule has 1 aromatic rings. The van der Waals surface area contributed by atoms with Gasteiger partial charge >= 0.3 is 0 Å². The van der Waals surface area contributed by atoms with E-state index in [9.17, 15) is 14.0 Å². The van der Waals surface area contributed by atoms with Crippen molar-refractivity contribution in [3.8, 4) is 0 Å². The molecule has 0 bridgehead atoms. The predicted octanol–water partition coefficient (Wildman–Crippen LogP) is 1.43. The molecule has 76 valence electrons. The van der Waals surface area contributed by atoms with Crippen LogP contribution in [0.3, 0.4) is 0 Å². The number of hydrogen-bond acceptors (Lipinski definition) is 2. The molecule has 5 heteroatoms. The lowest BCUT2D eigenvalue weighted by Crippen LogP contribution is -2.22. The predicted molar refractivity (Wildman–Crippen MR) is 52.3 cm³/mol. The minimum absolute atomic E-state index is 0.0150. The second-order valence-electron chi connectivity index (χ2n) is 2.98. The Kier molecular flexibility index (Phi) is 2.28. The summed E-state index contributed by atoms with van der Waals surface area (Å²) in [4.78, 5) is 22.3. The molecule has 0 aliphatic carbocycles. The van der Waals surface area contributed by atoms with Crippen molar-refractivity contribution in [1.82, 2.24) is 5.32 Å². The van der Waals surface area contributed by atoms with Gasteiger partial charge in [0.15, 0.2) is 0 Å². The molecular formula is C10H5ClFNO2. The SMILES string of the molecule is O=C1NC(=O)C(c2cccc(F)c2)=C1Cl. The molecule has 2 amide bonds. The van der Waals surface area contributed by atoms with Crippen molar-refractivity contribution in [1.29, 1.82) is 0 Å². The van der Waals surface area contributed by atoms with Crippen molar-refractivity contribution < 1.29 is 14.0 Å². The summed E-state index contributed by atoms with van der Waals surface area (Å²) < 4.78 is 12.9. The van der Waals surface area contributed by atoms with E-state index in [1.165, 1.54) is 18.2 Å². The summed E-state index contributed by atoms with van der Waals surface area (Å²) in [6.07, 6.45) is 0. The first-order valence-corrected chi connectivity index (χ1v) is 4.49. The van der Waals surface area contributed by atoms with Crippen LogP contribution in [0.1, 0.15) is 5.56 Å². The Balaban J connectivity index is 2.56. The zero-order chi connectivity index (χ0) is 11.0. The lowest BCUT2D eigenvalue weighted by atomic mass is 10.1. The molecule has 0 radical (unpaired) electrons. The topological polar surface area (TPSA) is 46.2 Å². The number of nitrogens with one attached hydrogen (secondary N) is 1. The number of amides is 2. The normalized spacial score (nSPS) is 15.9. The van der Waals surface area contributed by atoms with Crippen LogP contribution in [0, 0.1) is 5.82 Å². The van der Waals surface area contributed by atoms with Crippen molar-refractivity contribution in [2.45, 2.75) is 0 Å². The molecule has 0 saturated carbocycles. The van der Waals surface area contributed by atoms with Crippen molar-refractivity contribution in [2.24, 2.45) is 0 Å². The van der Waals surface area contributed by atoms with E-state index in [1.54, 1.807) is 0 Å². The second-order valence-corrected chi connectivity index (χ2v) is 3.36. The molecule has 0 aromatic heterocycles. The molecule has 0 fully saturated rings. The van der Waals surface area contributed by atoms with E-state index in [1.807, 2.05) is 5.32 Å². The van der Waals surface area contributed by atoms with Crippen LogP contribution in [0.15, 0.2) is 29.3 Å².